The third-order valence-corrected chi connectivity index (χ3v) is 9.97. The smallest absolute Gasteiger partial charge is 0.171 e. The number of amidine groups is 2. The van der Waals surface area contributed by atoms with Crippen LogP contribution < -0.4 is 5.32 Å². The van der Waals surface area contributed by atoms with Crippen molar-refractivity contribution >= 4 is 55.2 Å². The van der Waals surface area contributed by atoms with Gasteiger partial charge in [-0.3, -0.25) is 0 Å². The molecule has 4 nitrogen and oxygen atoms in total. The van der Waals surface area contributed by atoms with Crippen molar-refractivity contribution in [1.29, 1.82) is 0 Å². The van der Waals surface area contributed by atoms with Gasteiger partial charge in [0.25, 0.3) is 0 Å². The van der Waals surface area contributed by atoms with Crippen LogP contribution in [0, 0.1) is 0 Å². The van der Waals surface area contributed by atoms with Crippen LogP contribution in [-0.4, -0.2) is 11.7 Å². The summed E-state index contributed by atoms with van der Waals surface area (Å²) in [5.74, 6) is 1.55. The first kappa shape index (κ1) is 29.2. The van der Waals surface area contributed by atoms with Crippen LogP contribution in [0.4, 0.5) is 0 Å². The van der Waals surface area contributed by atoms with Gasteiger partial charge in [-0.2, -0.15) is 0 Å². The average molecular weight is 654 g/mol. The highest BCUT2D eigenvalue weighted by molar-refractivity contribution is 6.17. The highest BCUT2D eigenvalue weighted by atomic mass is 16.3. The highest BCUT2D eigenvalue weighted by Crippen LogP contribution is 2.44. The Morgan fingerprint density at radius 3 is 1.67 bits per heavy atom. The summed E-state index contributed by atoms with van der Waals surface area (Å²) in [5, 5.41) is 10.5. The van der Waals surface area contributed by atoms with Gasteiger partial charge >= 0.3 is 0 Å². The van der Waals surface area contributed by atoms with Crippen molar-refractivity contribution in [2.75, 3.05) is 0 Å². The average Bonchev–Trinajstić information content (AvgIpc) is 3.59. The van der Waals surface area contributed by atoms with Crippen molar-refractivity contribution in [2.24, 2.45) is 9.98 Å². The van der Waals surface area contributed by atoms with E-state index in [4.69, 9.17) is 14.4 Å². The monoisotopic (exact) mass is 653 g/mol. The molecule has 10 rings (SSSR count). The number of hydrogen-bond donors (Lipinski definition) is 1. The quantitative estimate of drug-likeness (QED) is 0.201. The number of nitrogens with one attached hydrogen (secondary N) is 1. The van der Waals surface area contributed by atoms with E-state index in [2.05, 4.69) is 151 Å². The molecule has 0 saturated carbocycles. The van der Waals surface area contributed by atoms with E-state index in [1.807, 2.05) is 30.3 Å². The zero-order valence-electron chi connectivity index (χ0n) is 27.6. The Bertz CT molecular complexity index is 2820. The molecule has 0 bridgehead atoms. The van der Waals surface area contributed by atoms with Crippen LogP contribution in [0.25, 0.3) is 65.7 Å². The molecule has 51 heavy (non-hydrogen) atoms. The van der Waals surface area contributed by atoms with E-state index in [9.17, 15) is 0 Å². The summed E-state index contributed by atoms with van der Waals surface area (Å²) in [5.41, 5.74) is 9.27. The van der Waals surface area contributed by atoms with E-state index in [1.54, 1.807) is 0 Å². The molecule has 1 unspecified atom stereocenters. The summed E-state index contributed by atoms with van der Waals surface area (Å²) in [6, 6.07) is 61.6. The van der Waals surface area contributed by atoms with Crippen molar-refractivity contribution in [3.05, 3.63) is 193 Å². The maximum Gasteiger partial charge on any atom is 0.171 e. The molecule has 1 atom stereocenters. The second-order valence-electron chi connectivity index (χ2n) is 12.9. The van der Waals surface area contributed by atoms with Crippen molar-refractivity contribution in [1.82, 2.24) is 5.32 Å². The molecule has 9 aromatic rings. The van der Waals surface area contributed by atoms with Gasteiger partial charge < -0.3 is 9.73 Å². The first-order chi connectivity index (χ1) is 25.3. The van der Waals surface area contributed by atoms with E-state index >= 15 is 0 Å². The van der Waals surface area contributed by atoms with E-state index in [0.717, 1.165) is 67.0 Å². The van der Waals surface area contributed by atoms with Gasteiger partial charge in [0.1, 0.15) is 22.8 Å². The largest absolute Gasteiger partial charge is 0.456 e. The Hall–Kier alpha value is -6.78. The van der Waals surface area contributed by atoms with Crippen LogP contribution in [0.3, 0.4) is 0 Å². The van der Waals surface area contributed by atoms with Crippen LogP contribution >= 0.6 is 0 Å². The lowest BCUT2D eigenvalue weighted by atomic mass is 9.90. The molecule has 0 fully saturated rings. The fourth-order valence-corrected chi connectivity index (χ4v) is 7.56. The van der Waals surface area contributed by atoms with Gasteiger partial charge in [0.15, 0.2) is 6.17 Å². The van der Waals surface area contributed by atoms with Crippen LogP contribution in [0.5, 0.6) is 0 Å². The maximum atomic E-state index is 6.46. The predicted molar refractivity (Wildman–Crippen MR) is 211 cm³/mol. The van der Waals surface area contributed by atoms with Gasteiger partial charge in [-0.15, -0.1) is 0 Å². The second-order valence-corrected chi connectivity index (χ2v) is 12.9. The van der Waals surface area contributed by atoms with E-state index in [1.165, 1.54) is 27.1 Å². The Labute approximate surface area is 295 Å². The Morgan fingerprint density at radius 1 is 0.392 bits per heavy atom. The van der Waals surface area contributed by atoms with Crippen LogP contribution in [0.15, 0.2) is 190 Å². The number of nitrogens with zero attached hydrogens (tertiary/aromatic N) is 2. The molecule has 1 N–H and O–H groups in total. The molecule has 4 heteroatoms. The summed E-state index contributed by atoms with van der Waals surface area (Å²) in [4.78, 5) is 10.8. The van der Waals surface area contributed by atoms with Gasteiger partial charge in [0.05, 0.1) is 0 Å². The number of aliphatic imine (C=N–C) groups is 2. The van der Waals surface area contributed by atoms with Crippen LogP contribution in [0.2, 0.25) is 0 Å². The molecule has 2 heterocycles. The first-order valence-electron chi connectivity index (χ1n) is 17.3. The topological polar surface area (TPSA) is 49.9 Å². The van der Waals surface area contributed by atoms with Crippen LogP contribution in [0.1, 0.15) is 22.9 Å². The minimum atomic E-state index is -0.548. The number of furan rings is 1. The van der Waals surface area contributed by atoms with Gasteiger partial charge in [0, 0.05) is 27.5 Å². The Morgan fingerprint density at radius 2 is 0.941 bits per heavy atom. The Balaban J connectivity index is 1.19. The molecule has 0 saturated heterocycles. The zero-order chi connectivity index (χ0) is 33.7. The lowest BCUT2D eigenvalue weighted by Crippen LogP contribution is -2.36. The molecule has 0 radical (unpaired) electrons. The molecular weight excluding hydrogens is 623 g/mol. The predicted octanol–water partition coefficient (Wildman–Crippen LogP) is 11.7. The lowest BCUT2D eigenvalue weighted by molar-refractivity contribution is 0.667. The molecule has 8 aromatic carbocycles. The third kappa shape index (κ3) is 5.00. The van der Waals surface area contributed by atoms with E-state index < -0.39 is 6.17 Å². The van der Waals surface area contributed by atoms with Crippen LogP contribution in [-0.2, 0) is 0 Å². The zero-order valence-corrected chi connectivity index (χ0v) is 27.6. The normalized spacial score (nSPS) is 14.5. The maximum absolute atomic E-state index is 6.46. The molecule has 0 aliphatic carbocycles. The molecule has 240 valence electrons. The molecule has 1 aromatic heterocycles. The SMILES string of the molecule is c1ccc(C2=NC(c3c(-c4cccc5ccccc45)ccc4oc5ccccc5c34)N=C(c3ccc(-c4cccc5ccccc45)cc3)N2)cc1. The Kier molecular flexibility index (Phi) is 6.85. The van der Waals surface area contributed by atoms with Gasteiger partial charge in [-0.25, -0.2) is 9.98 Å². The van der Waals surface area contributed by atoms with Gasteiger partial charge in [0.2, 0.25) is 0 Å². The van der Waals surface area contributed by atoms with E-state index in [-0.39, 0.29) is 0 Å². The summed E-state index contributed by atoms with van der Waals surface area (Å²) < 4.78 is 6.46. The fraction of sp³-hybridized carbons (Fsp3) is 0.0213. The number of fused-ring (bicyclic) bond motifs is 5. The van der Waals surface area contributed by atoms with Crippen molar-refractivity contribution in [3.8, 4) is 22.3 Å². The summed E-state index contributed by atoms with van der Waals surface area (Å²) >= 11 is 0. The van der Waals surface area contributed by atoms with E-state index in [0.29, 0.717) is 0 Å². The molecule has 1 aliphatic heterocycles. The number of rotatable bonds is 5. The first-order valence-corrected chi connectivity index (χ1v) is 17.3. The van der Waals surface area contributed by atoms with Gasteiger partial charge in [-0.05, 0) is 55.9 Å². The number of benzene rings is 8. The molecular formula is C47H31N3O. The molecule has 0 amide bonds. The lowest BCUT2D eigenvalue weighted by Gasteiger charge is -2.25. The molecule has 1 aliphatic rings. The standard InChI is InChI=1S/C47H31N3O/c1-2-14-33(15-3-1)45-48-46(34-26-24-32(25-27-34)36-21-10-16-30-12-4-6-18-35(30)36)50-47(49-45)44-39(38-22-11-17-31-13-5-7-19-37(31)38)28-29-42-43(44)40-20-8-9-23-41(40)51-42/h1-29,47H,(H,48,49,50). The molecule has 0 spiro atoms. The summed E-state index contributed by atoms with van der Waals surface area (Å²) in [6.45, 7) is 0. The summed E-state index contributed by atoms with van der Waals surface area (Å²) in [6.07, 6.45) is -0.548. The van der Waals surface area contributed by atoms with Crippen molar-refractivity contribution < 1.29 is 4.42 Å². The fourth-order valence-electron chi connectivity index (χ4n) is 7.56. The van der Waals surface area contributed by atoms with Gasteiger partial charge in [-0.1, -0.05) is 164 Å². The van der Waals surface area contributed by atoms with Crippen molar-refractivity contribution in [2.45, 2.75) is 6.17 Å². The summed E-state index contributed by atoms with van der Waals surface area (Å²) in [7, 11) is 0. The van der Waals surface area contributed by atoms with Crippen molar-refractivity contribution in [3.63, 3.8) is 0 Å². The second kappa shape index (κ2) is 12.0. The minimum absolute atomic E-state index is 0.548. The third-order valence-electron chi connectivity index (χ3n) is 9.97. The highest BCUT2D eigenvalue weighted by Gasteiger charge is 2.27. The number of para-hydroxylation sites is 1. The minimum Gasteiger partial charge on any atom is -0.456 e. The number of hydrogen-bond acceptors (Lipinski definition) is 4.